The van der Waals surface area contributed by atoms with Gasteiger partial charge in [0.25, 0.3) is 5.91 Å². The van der Waals surface area contributed by atoms with Crippen LogP contribution in [0.5, 0.6) is 11.5 Å². The monoisotopic (exact) mass is 362 g/mol. The molecule has 1 aliphatic heterocycles. The first-order chi connectivity index (χ1) is 12.5. The van der Waals surface area contributed by atoms with Gasteiger partial charge in [0.05, 0.1) is 13.7 Å². The van der Waals surface area contributed by atoms with Gasteiger partial charge in [0, 0.05) is 19.2 Å². The maximum Gasteiger partial charge on any atom is 0.331 e. The SMILES string of the molecule is CCOc1ccc(/C=C/C(=O)O[C@@H](C)C(=O)N2CCNC2=O)cc1OC. The number of carbonyl (C=O) groups is 3. The predicted octanol–water partition coefficient (Wildman–Crippen LogP) is 1.59. The molecule has 1 fully saturated rings. The van der Waals surface area contributed by atoms with Crippen molar-refractivity contribution in [2.45, 2.75) is 20.0 Å². The highest BCUT2D eigenvalue weighted by Gasteiger charge is 2.31. The van der Waals surface area contributed by atoms with Crippen molar-refractivity contribution in [3.63, 3.8) is 0 Å². The molecule has 1 atom stereocenters. The number of urea groups is 1. The summed E-state index contributed by atoms with van der Waals surface area (Å²) in [5, 5.41) is 2.52. The smallest absolute Gasteiger partial charge is 0.331 e. The number of nitrogens with zero attached hydrogens (tertiary/aromatic N) is 1. The molecule has 8 nitrogen and oxygen atoms in total. The summed E-state index contributed by atoms with van der Waals surface area (Å²) in [6, 6.07) is 4.75. The van der Waals surface area contributed by atoms with E-state index in [4.69, 9.17) is 14.2 Å². The molecule has 8 heteroatoms. The van der Waals surface area contributed by atoms with Gasteiger partial charge in [-0.05, 0) is 37.6 Å². The van der Waals surface area contributed by atoms with Gasteiger partial charge in [-0.3, -0.25) is 9.69 Å². The number of benzene rings is 1. The van der Waals surface area contributed by atoms with Crippen LogP contribution in [0.1, 0.15) is 19.4 Å². The number of hydrogen-bond acceptors (Lipinski definition) is 6. The molecule has 3 amide bonds. The fraction of sp³-hybridized carbons (Fsp3) is 0.389. The molecule has 1 aliphatic rings. The highest BCUT2D eigenvalue weighted by atomic mass is 16.5. The zero-order chi connectivity index (χ0) is 19.1. The van der Waals surface area contributed by atoms with Crippen molar-refractivity contribution in [3.05, 3.63) is 29.8 Å². The van der Waals surface area contributed by atoms with E-state index in [1.165, 1.54) is 20.1 Å². The molecule has 0 saturated carbocycles. The number of amides is 3. The standard InChI is InChI=1S/C18H22N2O6/c1-4-25-14-7-5-13(11-15(14)24-3)6-8-16(21)26-12(2)17(22)20-10-9-19-18(20)23/h5-8,11-12H,4,9-10H2,1-3H3,(H,19,23)/b8-6+/t12-/m0/s1. The van der Waals surface area contributed by atoms with E-state index in [0.717, 1.165) is 4.90 Å². The van der Waals surface area contributed by atoms with Crippen LogP contribution < -0.4 is 14.8 Å². The molecule has 0 radical (unpaired) electrons. The fourth-order valence-electron chi connectivity index (χ4n) is 2.39. The van der Waals surface area contributed by atoms with E-state index in [0.29, 0.717) is 30.2 Å². The predicted molar refractivity (Wildman–Crippen MR) is 93.9 cm³/mol. The minimum Gasteiger partial charge on any atom is -0.493 e. The van der Waals surface area contributed by atoms with Crippen molar-refractivity contribution in [2.75, 3.05) is 26.8 Å². The van der Waals surface area contributed by atoms with E-state index >= 15 is 0 Å². The largest absolute Gasteiger partial charge is 0.493 e. The normalized spacial score (nSPS) is 14.9. The Morgan fingerprint density at radius 1 is 1.35 bits per heavy atom. The second kappa shape index (κ2) is 8.89. The molecular formula is C18H22N2O6. The number of ether oxygens (including phenoxy) is 3. The van der Waals surface area contributed by atoms with Crippen LogP contribution in [0.2, 0.25) is 0 Å². The third-order valence-electron chi connectivity index (χ3n) is 3.66. The molecule has 0 bridgehead atoms. The lowest BCUT2D eigenvalue weighted by Gasteiger charge is -2.17. The van der Waals surface area contributed by atoms with Gasteiger partial charge in [-0.25, -0.2) is 9.59 Å². The van der Waals surface area contributed by atoms with Crippen LogP contribution >= 0.6 is 0 Å². The van der Waals surface area contributed by atoms with Gasteiger partial charge in [0.15, 0.2) is 17.6 Å². The van der Waals surface area contributed by atoms with E-state index in [1.54, 1.807) is 24.3 Å². The van der Waals surface area contributed by atoms with Crippen molar-refractivity contribution >= 4 is 24.0 Å². The first-order valence-electron chi connectivity index (χ1n) is 8.25. The van der Waals surface area contributed by atoms with Crippen molar-refractivity contribution < 1.29 is 28.6 Å². The second-order valence-electron chi connectivity index (χ2n) is 5.48. The third kappa shape index (κ3) is 4.75. The highest BCUT2D eigenvalue weighted by molar-refractivity contribution is 5.99. The highest BCUT2D eigenvalue weighted by Crippen LogP contribution is 2.28. The second-order valence-corrected chi connectivity index (χ2v) is 5.48. The Kier molecular flexibility index (Phi) is 6.60. The van der Waals surface area contributed by atoms with Gasteiger partial charge in [0.1, 0.15) is 0 Å². The van der Waals surface area contributed by atoms with E-state index in [1.807, 2.05) is 6.92 Å². The lowest BCUT2D eigenvalue weighted by atomic mass is 10.2. The number of nitrogens with one attached hydrogen (secondary N) is 1. The van der Waals surface area contributed by atoms with Crippen LogP contribution in [-0.2, 0) is 14.3 Å². The Labute approximate surface area is 151 Å². The zero-order valence-electron chi connectivity index (χ0n) is 15.0. The molecule has 0 aliphatic carbocycles. The topological polar surface area (TPSA) is 94.2 Å². The maximum atomic E-state index is 12.1. The summed E-state index contributed by atoms with van der Waals surface area (Å²) < 4.78 is 15.7. The van der Waals surface area contributed by atoms with Crippen LogP contribution in [0.25, 0.3) is 6.08 Å². The summed E-state index contributed by atoms with van der Waals surface area (Å²) in [4.78, 5) is 36.5. The van der Waals surface area contributed by atoms with E-state index in [2.05, 4.69) is 5.32 Å². The fourth-order valence-corrected chi connectivity index (χ4v) is 2.39. The van der Waals surface area contributed by atoms with Crippen molar-refractivity contribution in [1.29, 1.82) is 0 Å². The molecule has 0 unspecified atom stereocenters. The summed E-state index contributed by atoms with van der Waals surface area (Å²) >= 11 is 0. The van der Waals surface area contributed by atoms with Gasteiger partial charge in [-0.2, -0.15) is 0 Å². The van der Waals surface area contributed by atoms with E-state index < -0.39 is 24.0 Å². The van der Waals surface area contributed by atoms with Crippen molar-refractivity contribution in [2.24, 2.45) is 0 Å². The summed E-state index contributed by atoms with van der Waals surface area (Å²) in [7, 11) is 1.53. The molecule has 1 aromatic rings. The van der Waals surface area contributed by atoms with Gasteiger partial charge >= 0.3 is 12.0 Å². The number of rotatable bonds is 7. The third-order valence-corrected chi connectivity index (χ3v) is 3.66. The van der Waals surface area contributed by atoms with Gasteiger partial charge in [-0.1, -0.05) is 6.07 Å². The number of hydrogen-bond donors (Lipinski definition) is 1. The molecule has 1 aromatic carbocycles. The number of imide groups is 1. The first kappa shape index (κ1) is 19.3. The number of esters is 1. The number of carbonyl (C=O) groups excluding carboxylic acids is 3. The van der Waals surface area contributed by atoms with Crippen molar-refractivity contribution in [1.82, 2.24) is 10.2 Å². The van der Waals surface area contributed by atoms with Crippen LogP contribution in [0, 0.1) is 0 Å². The van der Waals surface area contributed by atoms with E-state index in [-0.39, 0.29) is 6.54 Å². The summed E-state index contributed by atoms with van der Waals surface area (Å²) in [5.74, 6) is -0.0772. The molecule has 1 N–H and O–H groups in total. The summed E-state index contributed by atoms with van der Waals surface area (Å²) in [6.07, 6.45) is 1.70. The lowest BCUT2D eigenvalue weighted by Crippen LogP contribution is -2.41. The summed E-state index contributed by atoms with van der Waals surface area (Å²) in [5.41, 5.74) is 0.708. The average Bonchev–Trinajstić information content (AvgIpc) is 3.06. The van der Waals surface area contributed by atoms with Crippen molar-refractivity contribution in [3.8, 4) is 11.5 Å². The van der Waals surface area contributed by atoms with Crippen LogP contribution in [-0.4, -0.2) is 55.7 Å². The molecule has 0 aromatic heterocycles. The van der Waals surface area contributed by atoms with Crippen LogP contribution in [0.15, 0.2) is 24.3 Å². The summed E-state index contributed by atoms with van der Waals surface area (Å²) in [6.45, 7) is 4.47. The lowest BCUT2D eigenvalue weighted by molar-refractivity contribution is -0.153. The quantitative estimate of drug-likeness (QED) is 0.585. The Morgan fingerprint density at radius 3 is 2.73 bits per heavy atom. The maximum absolute atomic E-state index is 12.1. The molecule has 2 rings (SSSR count). The van der Waals surface area contributed by atoms with Gasteiger partial charge in [-0.15, -0.1) is 0 Å². The molecule has 26 heavy (non-hydrogen) atoms. The first-order valence-corrected chi connectivity index (χ1v) is 8.25. The number of methoxy groups -OCH3 is 1. The Morgan fingerprint density at radius 2 is 2.12 bits per heavy atom. The Hall–Kier alpha value is -3.03. The molecule has 0 spiro atoms. The minimum absolute atomic E-state index is 0.265. The Bertz CT molecular complexity index is 716. The van der Waals surface area contributed by atoms with E-state index in [9.17, 15) is 14.4 Å². The van der Waals surface area contributed by atoms with Crippen LogP contribution in [0.3, 0.4) is 0 Å². The molecule has 1 heterocycles. The minimum atomic E-state index is -1.05. The molecular weight excluding hydrogens is 340 g/mol. The molecule has 140 valence electrons. The van der Waals surface area contributed by atoms with Gasteiger partial charge in [0.2, 0.25) is 0 Å². The van der Waals surface area contributed by atoms with Crippen LogP contribution in [0.4, 0.5) is 4.79 Å². The zero-order valence-corrected chi connectivity index (χ0v) is 15.0. The Balaban J connectivity index is 1.96. The molecule has 1 saturated heterocycles. The average molecular weight is 362 g/mol. The van der Waals surface area contributed by atoms with Gasteiger partial charge < -0.3 is 19.5 Å².